The van der Waals surface area contributed by atoms with E-state index < -0.39 is 0 Å². The van der Waals surface area contributed by atoms with Crippen LogP contribution in [0.5, 0.6) is 11.5 Å². The monoisotopic (exact) mass is 572 g/mol. The SMILES string of the molecule is Cc1c(C)c2c(c(C)c1O)CCC(C)(CCCCSc1ccc(NC(=O)/C=C/c3ccc(N=C(N)N)cc3)cc1)O2. The zero-order chi connectivity index (χ0) is 29.6. The average Bonchev–Trinajstić information content (AvgIpc) is 2.95. The van der Waals surface area contributed by atoms with Crippen LogP contribution in [0.3, 0.4) is 0 Å². The van der Waals surface area contributed by atoms with Crippen molar-refractivity contribution in [3.63, 3.8) is 0 Å². The van der Waals surface area contributed by atoms with Gasteiger partial charge in [0.2, 0.25) is 5.91 Å². The zero-order valence-corrected chi connectivity index (χ0v) is 25.1. The number of ether oxygens (including phenoxy) is 1. The third-order valence-corrected chi connectivity index (χ3v) is 8.76. The van der Waals surface area contributed by atoms with Crippen LogP contribution in [0, 0.1) is 20.8 Å². The van der Waals surface area contributed by atoms with Crippen LogP contribution in [-0.4, -0.2) is 28.3 Å². The molecule has 8 heteroatoms. The molecule has 1 atom stereocenters. The number of phenols is 1. The molecule has 7 nitrogen and oxygen atoms in total. The number of hydrogen-bond donors (Lipinski definition) is 4. The molecule has 1 aliphatic rings. The smallest absolute Gasteiger partial charge is 0.248 e. The molecule has 0 saturated heterocycles. The predicted octanol–water partition coefficient (Wildman–Crippen LogP) is 6.92. The molecule has 0 bridgehead atoms. The summed E-state index contributed by atoms with van der Waals surface area (Å²) in [6.45, 7) is 8.20. The van der Waals surface area contributed by atoms with Crippen molar-refractivity contribution in [2.24, 2.45) is 16.5 Å². The highest BCUT2D eigenvalue weighted by Gasteiger charge is 2.34. The van der Waals surface area contributed by atoms with E-state index in [0.29, 0.717) is 11.4 Å². The Labute approximate surface area is 247 Å². The number of nitrogens with two attached hydrogens (primary N) is 2. The highest BCUT2D eigenvalue weighted by atomic mass is 32.2. The number of nitrogens with one attached hydrogen (secondary N) is 1. The van der Waals surface area contributed by atoms with Gasteiger partial charge in [-0.3, -0.25) is 4.79 Å². The van der Waals surface area contributed by atoms with E-state index in [0.717, 1.165) is 77.1 Å². The number of benzene rings is 3. The molecule has 0 radical (unpaired) electrons. The third kappa shape index (κ3) is 7.85. The molecule has 0 aliphatic carbocycles. The van der Waals surface area contributed by atoms with Crippen molar-refractivity contribution in [2.75, 3.05) is 11.1 Å². The van der Waals surface area contributed by atoms with Gasteiger partial charge in [0.15, 0.2) is 5.96 Å². The molecule has 4 rings (SSSR count). The van der Waals surface area contributed by atoms with E-state index in [1.165, 1.54) is 11.0 Å². The Bertz CT molecular complexity index is 1450. The Morgan fingerprint density at radius 2 is 1.76 bits per heavy atom. The van der Waals surface area contributed by atoms with Crippen molar-refractivity contribution in [1.82, 2.24) is 0 Å². The first kappa shape index (κ1) is 30.1. The molecule has 6 N–H and O–H groups in total. The molecule has 1 amide bonds. The van der Waals surface area contributed by atoms with Crippen molar-refractivity contribution < 1.29 is 14.6 Å². The molecule has 216 valence electrons. The normalized spacial score (nSPS) is 16.2. The van der Waals surface area contributed by atoms with E-state index in [-0.39, 0.29) is 17.5 Å². The van der Waals surface area contributed by atoms with Crippen molar-refractivity contribution in [3.8, 4) is 11.5 Å². The third-order valence-electron chi connectivity index (χ3n) is 7.66. The summed E-state index contributed by atoms with van der Waals surface area (Å²) in [5, 5.41) is 13.3. The Kier molecular flexibility index (Phi) is 9.65. The molecule has 0 spiro atoms. The largest absolute Gasteiger partial charge is 0.507 e. The highest BCUT2D eigenvalue weighted by molar-refractivity contribution is 7.99. The van der Waals surface area contributed by atoms with Gasteiger partial charge in [0.05, 0.1) is 5.69 Å². The maximum absolute atomic E-state index is 12.3. The lowest BCUT2D eigenvalue weighted by Gasteiger charge is -2.38. The number of phenolic OH excluding ortho intramolecular Hbond substituents is 1. The van der Waals surface area contributed by atoms with Gasteiger partial charge in [0, 0.05) is 22.2 Å². The highest BCUT2D eigenvalue weighted by Crippen LogP contribution is 2.44. The number of carbonyl (C=O) groups excluding carboxylic acids is 1. The van der Waals surface area contributed by atoms with E-state index in [1.807, 2.05) is 68.9 Å². The van der Waals surface area contributed by atoms with Crippen LogP contribution in [0.15, 0.2) is 64.5 Å². The number of aromatic hydroxyl groups is 1. The van der Waals surface area contributed by atoms with E-state index >= 15 is 0 Å². The summed E-state index contributed by atoms with van der Waals surface area (Å²) in [5.74, 6) is 2.21. The van der Waals surface area contributed by atoms with Crippen molar-refractivity contribution in [3.05, 3.63) is 82.4 Å². The summed E-state index contributed by atoms with van der Waals surface area (Å²) in [4.78, 5) is 17.5. The lowest BCUT2D eigenvalue weighted by molar-refractivity contribution is -0.111. The number of unbranched alkanes of at least 4 members (excludes halogenated alkanes) is 1. The topological polar surface area (TPSA) is 123 Å². The van der Waals surface area contributed by atoms with Gasteiger partial charge < -0.3 is 26.6 Å². The second-order valence-electron chi connectivity index (χ2n) is 10.9. The van der Waals surface area contributed by atoms with Crippen LogP contribution in [0.2, 0.25) is 0 Å². The molecule has 3 aromatic carbocycles. The molecule has 3 aromatic rings. The number of nitrogens with zero attached hydrogens (tertiary/aromatic N) is 1. The van der Waals surface area contributed by atoms with Crippen molar-refractivity contribution in [2.45, 2.75) is 70.3 Å². The first-order valence-electron chi connectivity index (χ1n) is 14.0. The number of fused-ring (bicyclic) bond motifs is 1. The Hall–Kier alpha value is -3.91. The van der Waals surface area contributed by atoms with Gasteiger partial charge in [-0.2, -0.15) is 0 Å². The fourth-order valence-corrected chi connectivity index (χ4v) is 5.97. The number of anilines is 1. The molecule has 0 saturated carbocycles. The van der Waals surface area contributed by atoms with Crippen LogP contribution in [-0.2, 0) is 11.2 Å². The number of guanidine groups is 1. The molecule has 41 heavy (non-hydrogen) atoms. The standard InChI is InChI=1S/C33H40N4O3S/c1-21-22(2)31-28(23(3)30(21)39)17-19-33(4,40-31)18-5-6-20-41-27-14-12-25(13-15-27)36-29(38)16-9-24-7-10-26(11-8-24)37-32(34)35/h7-16,39H,5-6,17-20H2,1-4H3,(H,36,38)(H4,34,35,37)/b16-9+. The average molecular weight is 573 g/mol. The van der Waals surface area contributed by atoms with Gasteiger partial charge in [0.1, 0.15) is 17.1 Å². The summed E-state index contributed by atoms with van der Waals surface area (Å²) in [6.07, 6.45) is 8.33. The summed E-state index contributed by atoms with van der Waals surface area (Å²) in [5.41, 5.74) is 17.0. The molecule has 1 unspecified atom stereocenters. The minimum Gasteiger partial charge on any atom is -0.507 e. The number of aliphatic imine (C=N–C) groups is 1. The summed E-state index contributed by atoms with van der Waals surface area (Å²) in [7, 11) is 0. The van der Waals surface area contributed by atoms with Gasteiger partial charge >= 0.3 is 0 Å². The van der Waals surface area contributed by atoms with Gasteiger partial charge in [-0.15, -0.1) is 11.8 Å². The molecular weight excluding hydrogens is 532 g/mol. The van der Waals surface area contributed by atoms with E-state index in [4.69, 9.17) is 16.2 Å². The van der Waals surface area contributed by atoms with Crippen LogP contribution in [0.4, 0.5) is 11.4 Å². The predicted molar refractivity (Wildman–Crippen MR) is 170 cm³/mol. The number of hydrogen-bond acceptors (Lipinski definition) is 5. The number of carbonyl (C=O) groups is 1. The quantitative estimate of drug-likeness (QED) is 0.0687. The van der Waals surface area contributed by atoms with Crippen molar-refractivity contribution in [1.29, 1.82) is 0 Å². The molecule has 1 aliphatic heterocycles. The number of thioether (sulfide) groups is 1. The maximum atomic E-state index is 12.3. The van der Waals surface area contributed by atoms with Crippen molar-refractivity contribution >= 4 is 41.1 Å². The van der Waals surface area contributed by atoms with E-state index in [1.54, 1.807) is 18.2 Å². The van der Waals surface area contributed by atoms with Gasteiger partial charge in [-0.05, 0) is 130 Å². The number of amides is 1. The number of rotatable bonds is 10. The summed E-state index contributed by atoms with van der Waals surface area (Å²) < 4.78 is 6.57. The van der Waals surface area contributed by atoms with Crippen LogP contribution in [0.1, 0.15) is 60.4 Å². The van der Waals surface area contributed by atoms with Gasteiger partial charge in [0.25, 0.3) is 0 Å². The first-order valence-corrected chi connectivity index (χ1v) is 15.0. The van der Waals surface area contributed by atoms with E-state index in [9.17, 15) is 9.90 Å². The second-order valence-corrected chi connectivity index (χ2v) is 12.0. The lowest BCUT2D eigenvalue weighted by Crippen LogP contribution is -2.37. The fourth-order valence-electron chi connectivity index (χ4n) is 5.06. The minimum absolute atomic E-state index is 0.00634. The Morgan fingerprint density at radius 1 is 1.05 bits per heavy atom. The summed E-state index contributed by atoms with van der Waals surface area (Å²) >= 11 is 1.82. The molecule has 0 fully saturated rings. The van der Waals surface area contributed by atoms with Gasteiger partial charge in [-0.25, -0.2) is 4.99 Å². The van der Waals surface area contributed by atoms with E-state index in [2.05, 4.69) is 17.2 Å². The van der Waals surface area contributed by atoms with Gasteiger partial charge in [-0.1, -0.05) is 12.1 Å². The fraction of sp³-hybridized carbons (Fsp3) is 0.333. The second kappa shape index (κ2) is 13.2. The van der Waals surface area contributed by atoms with Crippen LogP contribution >= 0.6 is 11.8 Å². The first-order chi connectivity index (χ1) is 19.5. The lowest BCUT2D eigenvalue weighted by atomic mass is 9.85. The summed E-state index contributed by atoms with van der Waals surface area (Å²) in [6, 6.07) is 15.2. The van der Waals surface area contributed by atoms with Crippen LogP contribution < -0.4 is 21.5 Å². The maximum Gasteiger partial charge on any atom is 0.248 e. The Balaban J connectivity index is 1.19. The minimum atomic E-state index is -0.197. The molecular formula is C33H40N4O3S. The molecule has 0 aromatic heterocycles. The zero-order valence-electron chi connectivity index (χ0n) is 24.3. The van der Waals surface area contributed by atoms with Crippen LogP contribution in [0.25, 0.3) is 6.08 Å². The molecule has 1 heterocycles. The Morgan fingerprint density at radius 3 is 2.44 bits per heavy atom.